The first kappa shape index (κ1) is 11.2. The van der Waals surface area contributed by atoms with E-state index in [2.05, 4.69) is 25.1 Å². The molecule has 1 aliphatic rings. The molecule has 0 saturated heterocycles. The van der Waals surface area contributed by atoms with E-state index in [1.165, 1.54) is 44.4 Å². The molecule has 0 aromatic heterocycles. The zero-order valence-corrected chi connectivity index (χ0v) is 9.95. The van der Waals surface area contributed by atoms with Crippen molar-refractivity contribution in [1.29, 1.82) is 0 Å². The van der Waals surface area contributed by atoms with Crippen LogP contribution >= 0.6 is 7.55 Å². The van der Waals surface area contributed by atoms with Gasteiger partial charge in [-0.3, -0.25) is 5.32 Å². The highest BCUT2D eigenvalue weighted by molar-refractivity contribution is 7.57. The molecule has 2 heteroatoms. The second kappa shape index (κ2) is 6.56. The number of nitrogens with one attached hydrogen (secondary N) is 1. The van der Waals surface area contributed by atoms with E-state index in [0.717, 1.165) is 6.04 Å². The Balaban J connectivity index is 2.26. The predicted octanol–water partition coefficient (Wildman–Crippen LogP) is 3.19. The summed E-state index contributed by atoms with van der Waals surface area (Å²) in [5, 5.41) is 3.63. The third-order valence-corrected chi connectivity index (χ3v) is 5.05. The van der Waals surface area contributed by atoms with Crippen LogP contribution in [0, 0.1) is 0 Å². The molecule has 13 heavy (non-hydrogen) atoms. The minimum absolute atomic E-state index is 0.183. The number of rotatable bonds is 4. The zero-order chi connectivity index (χ0) is 9.52. The van der Waals surface area contributed by atoms with Crippen LogP contribution in [-0.4, -0.2) is 24.3 Å². The molecule has 1 aliphatic carbocycles. The zero-order valence-electron chi connectivity index (χ0n) is 9.05. The fraction of sp³-hybridized carbons (Fsp3) is 0.909. The van der Waals surface area contributed by atoms with Crippen LogP contribution in [0.5, 0.6) is 0 Å². The Bertz CT molecular complexity index is 153. The van der Waals surface area contributed by atoms with Crippen molar-refractivity contribution in [2.75, 3.05) is 12.3 Å². The van der Waals surface area contributed by atoms with Crippen LogP contribution in [-0.2, 0) is 0 Å². The summed E-state index contributed by atoms with van der Waals surface area (Å²) in [7, 11) is 0.183. The maximum atomic E-state index is 3.63. The lowest BCUT2D eigenvalue weighted by atomic mass is 9.96. The summed E-state index contributed by atoms with van der Waals surface area (Å²) in [4.78, 5) is 0. The maximum Gasteiger partial charge on any atom is 0.0110 e. The van der Waals surface area contributed by atoms with Crippen LogP contribution in [0.1, 0.15) is 46.0 Å². The molecule has 0 heterocycles. The average molecular weight is 200 g/mol. The molecule has 1 saturated carbocycles. The largest absolute Gasteiger partial charge is 0.289 e. The second-order valence-corrected chi connectivity index (χ2v) is 6.55. The molecular formula is C11H23NP. The smallest absolute Gasteiger partial charge is 0.0110 e. The van der Waals surface area contributed by atoms with E-state index in [-0.39, 0.29) is 7.55 Å². The number of hydrogen-bond donors (Lipinski definition) is 1. The summed E-state index contributed by atoms with van der Waals surface area (Å²) in [6.07, 6.45) is 9.79. The molecule has 1 N–H and O–H groups in total. The van der Waals surface area contributed by atoms with Gasteiger partial charge in [0.2, 0.25) is 0 Å². The monoisotopic (exact) mass is 200 g/mol. The minimum Gasteiger partial charge on any atom is -0.289 e. The maximum absolute atomic E-state index is 3.63. The van der Waals surface area contributed by atoms with Gasteiger partial charge in [0, 0.05) is 6.04 Å². The third-order valence-electron chi connectivity index (χ3n) is 2.91. The molecule has 0 atom stereocenters. The molecule has 1 nitrogen and oxygen atoms in total. The van der Waals surface area contributed by atoms with E-state index < -0.39 is 0 Å². The summed E-state index contributed by atoms with van der Waals surface area (Å²) in [6.45, 7) is 4.60. The van der Waals surface area contributed by atoms with Gasteiger partial charge in [-0.25, -0.2) is 0 Å². The average Bonchev–Trinajstić information content (AvgIpc) is 2.21. The Kier molecular flexibility index (Phi) is 5.66. The molecule has 0 aromatic carbocycles. The second-order valence-electron chi connectivity index (χ2n) is 3.85. The van der Waals surface area contributed by atoms with Gasteiger partial charge in [-0.1, -0.05) is 33.1 Å². The van der Waals surface area contributed by atoms with Crippen LogP contribution in [0.15, 0.2) is 0 Å². The van der Waals surface area contributed by atoms with Gasteiger partial charge >= 0.3 is 0 Å². The molecular weight excluding hydrogens is 177 g/mol. The highest BCUT2D eigenvalue weighted by atomic mass is 31.1. The van der Waals surface area contributed by atoms with Crippen molar-refractivity contribution in [3.63, 3.8) is 0 Å². The Morgan fingerprint density at radius 2 is 1.77 bits per heavy atom. The van der Waals surface area contributed by atoms with Crippen molar-refractivity contribution in [2.45, 2.75) is 52.0 Å². The molecule has 1 rings (SSSR count). The van der Waals surface area contributed by atoms with Gasteiger partial charge < -0.3 is 0 Å². The van der Waals surface area contributed by atoms with E-state index in [1.54, 1.807) is 0 Å². The lowest BCUT2D eigenvalue weighted by Gasteiger charge is -2.21. The summed E-state index contributed by atoms with van der Waals surface area (Å²) < 4.78 is 0. The Morgan fingerprint density at radius 1 is 1.15 bits per heavy atom. The van der Waals surface area contributed by atoms with Crippen LogP contribution in [0.25, 0.3) is 0 Å². The van der Waals surface area contributed by atoms with Crippen molar-refractivity contribution < 1.29 is 0 Å². The van der Waals surface area contributed by atoms with Crippen LogP contribution < -0.4 is 5.32 Å². The molecule has 0 aliphatic heterocycles. The van der Waals surface area contributed by atoms with Gasteiger partial charge in [-0.2, -0.15) is 0 Å². The van der Waals surface area contributed by atoms with Crippen molar-refractivity contribution in [3.05, 3.63) is 0 Å². The van der Waals surface area contributed by atoms with Crippen molar-refractivity contribution in [3.8, 4) is 0 Å². The molecule has 0 unspecified atom stereocenters. The lowest BCUT2D eigenvalue weighted by molar-refractivity contribution is 0.417. The van der Waals surface area contributed by atoms with E-state index in [9.17, 15) is 0 Å². The highest BCUT2D eigenvalue weighted by Gasteiger charge is 2.10. The first-order chi connectivity index (χ1) is 6.36. The fourth-order valence-electron chi connectivity index (χ4n) is 1.89. The summed E-state index contributed by atoms with van der Waals surface area (Å²) in [5.74, 6) is 2.41. The molecule has 1 radical (unpaired) electrons. The van der Waals surface area contributed by atoms with E-state index >= 15 is 0 Å². The SMILES string of the molecule is CC[P](=CNC1CCCCC1)CC. The van der Waals surface area contributed by atoms with Gasteiger partial charge in [-0.05, 0) is 31.1 Å². The van der Waals surface area contributed by atoms with Gasteiger partial charge in [0.1, 0.15) is 0 Å². The fourth-order valence-corrected chi connectivity index (χ4v) is 3.12. The Labute approximate surface area is 83.7 Å². The Hall–Kier alpha value is 0.130. The summed E-state index contributed by atoms with van der Waals surface area (Å²) >= 11 is 0. The summed E-state index contributed by atoms with van der Waals surface area (Å²) in [6, 6.07) is 0.803. The summed E-state index contributed by atoms with van der Waals surface area (Å²) in [5.41, 5.74) is 0. The van der Waals surface area contributed by atoms with Crippen molar-refractivity contribution in [1.82, 2.24) is 5.32 Å². The Morgan fingerprint density at radius 3 is 2.31 bits per heavy atom. The minimum atomic E-state index is 0.183. The third kappa shape index (κ3) is 4.24. The van der Waals surface area contributed by atoms with E-state index in [1.807, 2.05) is 0 Å². The standard InChI is InChI=1S/C11H23NP/c1-3-13(4-2)10-12-11-8-6-5-7-9-11/h10-12H,3-9H2,1-2H3. The van der Waals surface area contributed by atoms with Crippen molar-refractivity contribution in [2.24, 2.45) is 0 Å². The molecule has 0 amide bonds. The molecule has 0 bridgehead atoms. The van der Waals surface area contributed by atoms with Crippen LogP contribution in [0.2, 0.25) is 0 Å². The van der Waals surface area contributed by atoms with E-state index in [4.69, 9.17) is 0 Å². The normalized spacial score (nSPS) is 18.6. The molecule has 1 fully saturated rings. The first-order valence-electron chi connectivity index (χ1n) is 5.70. The number of hydrogen-bond acceptors (Lipinski definition) is 0. The quantitative estimate of drug-likeness (QED) is 0.687. The molecule has 0 aromatic rings. The molecule has 77 valence electrons. The van der Waals surface area contributed by atoms with Crippen LogP contribution in [0.3, 0.4) is 0 Å². The van der Waals surface area contributed by atoms with Gasteiger partial charge in [-0.15, -0.1) is 7.55 Å². The first-order valence-corrected chi connectivity index (χ1v) is 7.48. The molecule has 0 spiro atoms. The lowest BCUT2D eigenvalue weighted by Crippen LogP contribution is -2.29. The van der Waals surface area contributed by atoms with E-state index in [0.29, 0.717) is 0 Å². The van der Waals surface area contributed by atoms with Gasteiger partial charge in [0.05, 0.1) is 0 Å². The van der Waals surface area contributed by atoms with Crippen molar-refractivity contribution >= 4 is 13.5 Å². The predicted molar refractivity (Wildman–Crippen MR) is 64.1 cm³/mol. The van der Waals surface area contributed by atoms with Gasteiger partial charge in [0.15, 0.2) is 0 Å². The topological polar surface area (TPSA) is 12.0 Å². The van der Waals surface area contributed by atoms with Gasteiger partial charge in [0.25, 0.3) is 0 Å². The van der Waals surface area contributed by atoms with Crippen LogP contribution in [0.4, 0.5) is 0 Å². The highest BCUT2D eigenvalue weighted by Crippen LogP contribution is 2.21.